The van der Waals surface area contributed by atoms with Crippen molar-refractivity contribution in [3.63, 3.8) is 0 Å². The van der Waals surface area contributed by atoms with E-state index in [1.54, 1.807) is 25.1 Å². The zero-order chi connectivity index (χ0) is 24.2. The second-order valence-corrected chi connectivity index (χ2v) is 9.20. The zero-order valence-electron chi connectivity index (χ0n) is 18.4. The van der Waals surface area contributed by atoms with E-state index >= 15 is 0 Å². The third kappa shape index (κ3) is 5.45. The maximum absolute atomic E-state index is 13.1. The smallest absolute Gasteiger partial charge is 0.271 e. The Hall–Kier alpha value is -3.54. The van der Waals surface area contributed by atoms with Crippen LogP contribution in [-0.4, -0.2) is 57.9 Å². The Balaban J connectivity index is 1.83. The number of hydrogen-bond acceptors (Lipinski definition) is 8. The highest BCUT2D eigenvalue weighted by atomic mass is 32.2. The van der Waals surface area contributed by atoms with E-state index in [1.807, 2.05) is 6.07 Å². The highest BCUT2D eigenvalue weighted by Crippen LogP contribution is 2.36. The van der Waals surface area contributed by atoms with E-state index in [0.717, 1.165) is 16.6 Å². The Kier molecular flexibility index (Phi) is 7.26. The summed E-state index contributed by atoms with van der Waals surface area (Å²) < 4.78 is 42.9. The van der Waals surface area contributed by atoms with Gasteiger partial charge in [-0.05, 0) is 24.6 Å². The monoisotopic (exact) mass is 479 g/mol. The molecule has 0 saturated heterocycles. The Morgan fingerprint density at radius 3 is 2.61 bits per heavy atom. The minimum Gasteiger partial charge on any atom is -0.495 e. The van der Waals surface area contributed by atoms with Gasteiger partial charge >= 0.3 is 0 Å². The molecule has 0 aliphatic carbocycles. The van der Waals surface area contributed by atoms with Crippen molar-refractivity contribution < 1.29 is 32.3 Å². The number of nitrogens with one attached hydrogen (secondary N) is 1. The van der Waals surface area contributed by atoms with Gasteiger partial charge in [0.1, 0.15) is 30.2 Å². The van der Waals surface area contributed by atoms with Crippen molar-refractivity contribution in [2.75, 3.05) is 30.8 Å². The lowest BCUT2D eigenvalue weighted by atomic mass is 10.1. The number of rotatable bonds is 9. The molecule has 3 rings (SSSR count). The molecule has 12 heteroatoms. The maximum atomic E-state index is 13.1. The number of anilines is 1. The van der Waals surface area contributed by atoms with Crippen molar-refractivity contribution in [1.82, 2.24) is 5.32 Å². The van der Waals surface area contributed by atoms with Crippen LogP contribution in [0.3, 0.4) is 0 Å². The number of amides is 1. The Labute approximate surface area is 191 Å². The van der Waals surface area contributed by atoms with Crippen molar-refractivity contribution in [2.45, 2.75) is 25.5 Å². The number of hydrogen-bond donors (Lipinski definition) is 1. The van der Waals surface area contributed by atoms with Crippen LogP contribution in [0.4, 0.5) is 11.4 Å². The third-order valence-corrected chi connectivity index (χ3v) is 6.18. The van der Waals surface area contributed by atoms with E-state index < -0.39 is 33.0 Å². The van der Waals surface area contributed by atoms with E-state index in [-0.39, 0.29) is 36.7 Å². The molecule has 0 unspecified atom stereocenters. The number of benzene rings is 2. The highest BCUT2D eigenvalue weighted by Gasteiger charge is 2.35. The molecular weight excluding hydrogens is 454 g/mol. The highest BCUT2D eigenvalue weighted by molar-refractivity contribution is 7.92. The molecule has 0 aromatic heterocycles. The normalized spacial score (nSPS) is 15.9. The topological polar surface area (TPSA) is 137 Å². The standard InChI is InChI=1S/C21H25N3O8S/c1-4-16(21(25)22-12-15-13-31-19-7-5-6-8-20(19)32-15)23(33(3,28)29)17-11-14(24(26)27)9-10-18(17)30-2/h5-11,15-16H,4,12-13H2,1-3H3,(H,22,25)/t15-,16+/m0/s1. The van der Waals surface area contributed by atoms with Gasteiger partial charge in [-0.1, -0.05) is 19.1 Å². The van der Waals surface area contributed by atoms with Gasteiger partial charge < -0.3 is 19.5 Å². The maximum Gasteiger partial charge on any atom is 0.271 e. The molecular formula is C21H25N3O8S. The van der Waals surface area contributed by atoms with Gasteiger partial charge in [0.05, 0.1) is 24.8 Å². The molecule has 1 N–H and O–H groups in total. The molecule has 1 amide bonds. The van der Waals surface area contributed by atoms with Crippen LogP contribution in [-0.2, 0) is 14.8 Å². The fourth-order valence-corrected chi connectivity index (χ4v) is 4.70. The number of sulfonamides is 1. The van der Waals surface area contributed by atoms with Gasteiger partial charge in [0, 0.05) is 12.1 Å². The lowest BCUT2D eigenvalue weighted by molar-refractivity contribution is -0.384. The summed E-state index contributed by atoms with van der Waals surface area (Å²) in [7, 11) is -2.71. The number of para-hydroxylation sites is 2. The zero-order valence-corrected chi connectivity index (χ0v) is 19.2. The van der Waals surface area contributed by atoms with Gasteiger partial charge in [0.25, 0.3) is 5.69 Å². The molecule has 178 valence electrons. The first kappa shape index (κ1) is 24.1. The number of non-ortho nitro benzene ring substituents is 1. The van der Waals surface area contributed by atoms with Crippen molar-refractivity contribution >= 4 is 27.3 Å². The molecule has 0 fully saturated rings. The van der Waals surface area contributed by atoms with Gasteiger partial charge in [0.2, 0.25) is 15.9 Å². The average molecular weight is 480 g/mol. The molecule has 0 saturated carbocycles. The lowest BCUT2D eigenvalue weighted by Crippen LogP contribution is -2.51. The third-order valence-electron chi connectivity index (χ3n) is 5.01. The Morgan fingerprint density at radius 2 is 2.00 bits per heavy atom. The van der Waals surface area contributed by atoms with Gasteiger partial charge in [-0.25, -0.2) is 8.42 Å². The predicted octanol–water partition coefficient (Wildman–Crippen LogP) is 2.10. The molecule has 33 heavy (non-hydrogen) atoms. The van der Waals surface area contributed by atoms with Crippen LogP contribution in [0.1, 0.15) is 13.3 Å². The summed E-state index contributed by atoms with van der Waals surface area (Å²) >= 11 is 0. The summed E-state index contributed by atoms with van der Waals surface area (Å²) in [6, 6.07) is 9.53. The van der Waals surface area contributed by atoms with E-state index in [4.69, 9.17) is 14.2 Å². The van der Waals surface area contributed by atoms with Crippen LogP contribution in [0.15, 0.2) is 42.5 Å². The Bertz CT molecular complexity index is 1140. The van der Waals surface area contributed by atoms with E-state index in [0.29, 0.717) is 11.5 Å². The van der Waals surface area contributed by atoms with Gasteiger partial charge in [-0.15, -0.1) is 0 Å². The number of ether oxygens (including phenoxy) is 3. The van der Waals surface area contributed by atoms with Gasteiger partial charge in [-0.3, -0.25) is 19.2 Å². The molecule has 1 aliphatic rings. The van der Waals surface area contributed by atoms with E-state index in [1.165, 1.54) is 19.2 Å². The van der Waals surface area contributed by atoms with E-state index in [9.17, 15) is 23.3 Å². The summed E-state index contributed by atoms with van der Waals surface area (Å²) in [5.74, 6) is 0.651. The summed E-state index contributed by atoms with van der Waals surface area (Å²) in [5, 5.41) is 14.0. The second kappa shape index (κ2) is 9.94. The fourth-order valence-electron chi connectivity index (χ4n) is 3.50. The summed E-state index contributed by atoms with van der Waals surface area (Å²) in [6.07, 6.45) is 0.562. The van der Waals surface area contributed by atoms with Crippen molar-refractivity contribution in [3.8, 4) is 17.2 Å². The molecule has 0 bridgehead atoms. The first-order valence-corrected chi connectivity index (χ1v) is 12.0. The van der Waals surface area contributed by atoms with Crippen LogP contribution in [0.25, 0.3) is 0 Å². The molecule has 0 spiro atoms. The van der Waals surface area contributed by atoms with Crippen molar-refractivity contribution in [1.29, 1.82) is 0 Å². The summed E-state index contributed by atoms with van der Waals surface area (Å²) in [4.78, 5) is 23.7. The van der Waals surface area contributed by atoms with Crippen molar-refractivity contribution in [3.05, 3.63) is 52.6 Å². The molecule has 2 atom stereocenters. The number of carbonyl (C=O) groups excluding carboxylic acids is 1. The second-order valence-electron chi connectivity index (χ2n) is 7.34. The number of carbonyl (C=O) groups is 1. The van der Waals surface area contributed by atoms with Crippen LogP contribution in [0.2, 0.25) is 0 Å². The predicted molar refractivity (Wildman–Crippen MR) is 120 cm³/mol. The van der Waals surface area contributed by atoms with Crippen LogP contribution >= 0.6 is 0 Å². The minimum atomic E-state index is -4.02. The largest absolute Gasteiger partial charge is 0.495 e. The Morgan fingerprint density at radius 1 is 1.30 bits per heavy atom. The number of fused-ring (bicyclic) bond motifs is 1. The molecule has 11 nitrogen and oxygen atoms in total. The van der Waals surface area contributed by atoms with Crippen molar-refractivity contribution in [2.24, 2.45) is 0 Å². The number of nitro benzene ring substituents is 1. The van der Waals surface area contributed by atoms with Crippen LogP contribution in [0.5, 0.6) is 17.2 Å². The molecule has 0 radical (unpaired) electrons. The van der Waals surface area contributed by atoms with Gasteiger partial charge in [-0.2, -0.15) is 0 Å². The summed E-state index contributed by atoms with van der Waals surface area (Å²) in [6.45, 7) is 1.93. The molecule has 1 aliphatic heterocycles. The first-order valence-electron chi connectivity index (χ1n) is 10.1. The molecule has 2 aromatic rings. The lowest BCUT2D eigenvalue weighted by Gasteiger charge is -2.32. The summed E-state index contributed by atoms with van der Waals surface area (Å²) in [5.41, 5.74) is -0.427. The molecule has 1 heterocycles. The number of methoxy groups -OCH3 is 1. The quantitative estimate of drug-likeness (QED) is 0.426. The van der Waals surface area contributed by atoms with Crippen LogP contribution in [0, 0.1) is 10.1 Å². The van der Waals surface area contributed by atoms with Gasteiger partial charge in [0.15, 0.2) is 11.5 Å². The SMILES string of the molecule is CC[C@H](C(=O)NC[C@H]1COc2ccccc2O1)N(c1cc([N+](=O)[O-])ccc1OC)S(C)(=O)=O. The van der Waals surface area contributed by atoms with Crippen LogP contribution < -0.4 is 23.8 Å². The minimum absolute atomic E-state index is 0.0767. The molecule has 2 aromatic carbocycles. The average Bonchev–Trinajstić information content (AvgIpc) is 2.79. The van der Waals surface area contributed by atoms with E-state index in [2.05, 4.69) is 5.32 Å². The number of nitrogens with zero attached hydrogens (tertiary/aromatic N) is 2. The first-order chi connectivity index (χ1) is 15.7. The fraction of sp³-hybridized carbons (Fsp3) is 0.381. The number of nitro groups is 1.